The third-order valence-electron chi connectivity index (χ3n) is 5.49. The van der Waals surface area contributed by atoms with Gasteiger partial charge in [0.05, 0.1) is 0 Å². The van der Waals surface area contributed by atoms with E-state index < -0.39 is 0 Å². The fourth-order valence-electron chi connectivity index (χ4n) is 3.86. The number of amides is 2. The van der Waals surface area contributed by atoms with Crippen LogP contribution < -0.4 is 10.6 Å². The lowest BCUT2D eigenvalue weighted by atomic mass is 9.92. The zero-order valence-corrected chi connectivity index (χ0v) is 16.4. The summed E-state index contributed by atoms with van der Waals surface area (Å²) in [6, 6.07) is 7.10. The molecular weight excluding hydrogens is 362 g/mol. The van der Waals surface area contributed by atoms with Gasteiger partial charge < -0.3 is 15.5 Å². The second kappa shape index (κ2) is 9.20. The van der Waals surface area contributed by atoms with Gasteiger partial charge in [0.1, 0.15) is 0 Å². The number of hydrogen-bond donors (Lipinski definition) is 2. The Morgan fingerprint density at radius 1 is 1.15 bits per heavy atom. The van der Waals surface area contributed by atoms with Crippen molar-refractivity contribution in [3.05, 3.63) is 55.1 Å². The molecule has 2 aliphatic rings. The molecule has 2 fully saturated rings. The summed E-state index contributed by atoms with van der Waals surface area (Å²) in [7, 11) is 0. The summed E-state index contributed by atoms with van der Waals surface area (Å²) in [6.07, 6.45) is 6.56. The van der Waals surface area contributed by atoms with Crippen LogP contribution in [0.1, 0.15) is 29.6 Å². The van der Waals surface area contributed by atoms with E-state index in [1.165, 1.54) is 0 Å². The lowest BCUT2D eigenvalue weighted by Crippen LogP contribution is -2.31. The van der Waals surface area contributed by atoms with Crippen molar-refractivity contribution in [1.29, 1.82) is 0 Å². The molecule has 1 unspecified atom stereocenters. The molecule has 3 rings (SSSR count). The van der Waals surface area contributed by atoms with E-state index in [-0.39, 0.29) is 35.6 Å². The number of carbonyl (C=O) groups is 2. The summed E-state index contributed by atoms with van der Waals surface area (Å²) in [6.45, 7) is 10.3. The molecule has 1 aliphatic heterocycles. The van der Waals surface area contributed by atoms with Gasteiger partial charge in [-0.2, -0.15) is 0 Å². The Morgan fingerprint density at radius 2 is 1.74 bits per heavy atom. The fraction of sp³-hybridized carbons (Fsp3) is 0.429. The van der Waals surface area contributed by atoms with Crippen LogP contribution in [0.5, 0.6) is 0 Å². The van der Waals surface area contributed by atoms with Gasteiger partial charge in [-0.3, -0.25) is 9.59 Å². The molecule has 2 N–H and O–H groups in total. The highest BCUT2D eigenvalue weighted by Gasteiger charge is 2.57. The number of piperidine rings is 1. The predicted octanol–water partition coefficient (Wildman–Crippen LogP) is 3.25. The number of carbonyl (C=O) groups excluding carboxylic acids is 2. The minimum atomic E-state index is -0.0708. The third-order valence-corrected chi connectivity index (χ3v) is 5.49. The molecule has 1 atom stereocenters. The topological polar surface area (TPSA) is 61.4 Å². The molecule has 1 aromatic rings. The maximum Gasteiger partial charge on any atom is 0.254 e. The number of nitrogens with one attached hydrogen (secondary N) is 2. The van der Waals surface area contributed by atoms with Gasteiger partial charge in [-0.15, -0.1) is 25.6 Å². The number of benzene rings is 1. The van der Waals surface area contributed by atoms with Gasteiger partial charge in [0, 0.05) is 30.3 Å². The van der Waals surface area contributed by atoms with Crippen LogP contribution in [0.25, 0.3) is 0 Å². The van der Waals surface area contributed by atoms with Gasteiger partial charge in [-0.05, 0) is 62.0 Å². The van der Waals surface area contributed by atoms with Gasteiger partial charge >= 0.3 is 0 Å². The summed E-state index contributed by atoms with van der Waals surface area (Å²) in [5.74, 6) is 0.158. The van der Waals surface area contributed by atoms with Gasteiger partial charge in [-0.25, -0.2) is 0 Å². The van der Waals surface area contributed by atoms with Crippen LogP contribution in [0.4, 0.5) is 5.69 Å². The monoisotopic (exact) mass is 389 g/mol. The van der Waals surface area contributed by atoms with Crippen molar-refractivity contribution in [3.63, 3.8) is 0 Å². The Labute approximate surface area is 167 Å². The molecule has 1 aliphatic carbocycles. The molecular formula is C21H28ClN3O2. The van der Waals surface area contributed by atoms with Crippen molar-refractivity contribution in [1.82, 2.24) is 10.2 Å². The average molecular weight is 390 g/mol. The van der Waals surface area contributed by atoms with Gasteiger partial charge in [-0.1, -0.05) is 12.2 Å². The first-order chi connectivity index (χ1) is 12.6. The maximum absolute atomic E-state index is 12.5. The number of rotatable bonds is 7. The van der Waals surface area contributed by atoms with Gasteiger partial charge in [0.2, 0.25) is 5.91 Å². The molecule has 6 heteroatoms. The molecule has 1 saturated heterocycles. The Bertz CT molecular complexity index is 686. The normalized spacial score (nSPS) is 19.5. The van der Waals surface area contributed by atoms with Crippen LogP contribution in [0, 0.1) is 11.3 Å². The average Bonchev–Trinajstić information content (AvgIpc) is 3.35. The largest absolute Gasteiger partial charge is 0.331 e. The Kier molecular flexibility index (Phi) is 7.22. The molecule has 0 aromatic heterocycles. The molecule has 146 valence electrons. The van der Waals surface area contributed by atoms with E-state index >= 15 is 0 Å². The van der Waals surface area contributed by atoms with Crippen molar-refractivity contribution in [2.75, 3.05) is 31.5 Å². The highest BCUT2D eigenvalue weighted by Crippen LogP contribution is 2.58. The molecule has 1 aromatic carbocycles. The van der Waals surface area contributed by atoms with Crippen LogP contribution in [-0.4, -0.2) is 42.9 Å². The van der Waals surface area contributed by atoms with E-state index in [4.69, 9.17) is 0 Å². The summed E-state index contributed by atoms with van der Waals surface area (Å²) in [4.78, 5) is 26.7. The van der Waals surface area contributed by atoms with Crippen molar-refractivity contribution in [3.8, 4) is 0 Å². The molecule has 5 nitrogen and oxygen atoms in total. The van der Waals surface area contributed by atoms with E-state index in [1.54, 1.807) is 41.3 Å². The van der Waals surface area contributed by atoms with Gasteiger partial charge in [0.25, 0.3) is 5.91 Å². The predicted molar refractivity (Wildman–Crippen MR) is 111 cm³/mol. The van der Waals surface area contributed by atoms with Crippen molar-refractivity contribution < 1.29 is 9.59 Å². The molecule has 0 bridgehead atoms. The SMILES string of the molecule is C=CCN(CC=C)C(=O)c1ccc(NC(=O)C2CC23CCNCC3)cc1.Cl. The Morgan fingerprint density at radius 3 is 2.30 bits per heavy atom. The van der Waals surface area contributed by atoms with Crippen LogP contribution in [0.2, 0.25) is 0 Å². The first kappa shape index (κ1) is 21.2. The van der Waals surface area contributed by atoms with Crippen LogP contribution in [-0.2, 0) is 4.79 Å². The van der Waals surface area contributed by atoms with E-state index in [0.717, 1.165) is 38.0 Å². The van der Waals surface area contributed by atoms with E-state index in [1.807, 2.05) is 0 Å². The number of nitrogens with zero attached hydrogens (tertiary/aromatic N) is 1. The van der Waals surface area contributed by atoms with Crippen LogP contribution >= 0.6 is 12.4 Å². The number of hydrogen-bond acceptors (Lipinski definition) is 3. The Balaban J connectivity index is 0.00000261. The Hall–Kier alpha value is -2.11. The number of halogens is 1. The standard InChI is InChI=1S/C21H27N3O2.ClH/c1-3-13-24(14-4-2)20(26)16-5-7-17(8-6-16)23-19(25)18-15-21(18)9-11-22-12-10-21;/h3-8,18,22H,1-2,9-15H2,(H,23,25);1H. The summed E-state index contributed by atoms with van der Waals surface area (Å²) < 4.78 is 0. The first-order valence-corrected chi connectivity index (χ1v) is 9.22. The minimum absolute atomic E-state index is 0. The van der Waals surface area contributed by atoms with Crippen LogP contribution in [0.15, 0.2) is 49.6 Å². The molecule has 1 heterocycles. The molecule has 1 saturated carbocycles. The second-order valence-corrected chi connectivity index (χ2v) is 7.22. The quantitative estimate of drug-likeness (QED) is 0.703. The van der Waals surface area contributed by atoms with Crippen molar-refractivity contribution in [2.45, 2.75) is 19.3 Å². The van der Waals surface area contributed by atoms with Crippen molar-refractivity contribution >= 4 is 29.9 Å². The minimum Gasteiger partial charge on any atom is -0.331 e. The van der Waals surface area contributed by atoms with E-state index in [9.17, 15) is 9.59 Å². The van der Waals surface area contributed by atoms with Crippen molar-refractivity contribution in [2.24, 2.45) is 11.3 Å². The first-order valence-electron chi connectivity index (χ1n) is 9.22. The molecule has 0 radical (unpaired) electrons. The van der Waals surface area contributed by atoms with Gasteiger partial charge in [0.15, 0.2) is 0 Å². The zero-order valence-electron chi connectivity index (χ0n) is 15.6. The highest BCUT2D eigenvalue weighted by atomic mass is 35.5. The smallest absolute Gasteiger partial charge is 0.254 e. The van der Waals surface area contributed by atoms with E-state index in [2.05, 4.69) is 23.8 Å². The van der Waals surface area contributed by atoms with E-state index in [0.29, 0.717) is 18.7 Å². The second-order valence-electron chi connectivity index (χ2n) is 7.22. The molecule has 2 amide bonds. The third kappa shape index (κ3) is 4.79. The summed E-state index contributed by atoms with van der Waals surface area (Å²) in [5, 5.41) is 6.36. The maximum atomic E-state index is 12.5. The summed E-state index contributed by atoms with van der Waals surface area (Å²) in [5.41, 5.74) is 1.55. The van der Waals surface area contributed by atoms with Crippen LogP contribution in [0.3, 0.4) is 0 Å². The lowest BCUT2D eigenvalue weighted by Gasteiger charge is -2.23. The molecule has 1 spiro atoms. The lowest BCUT2D eigenvalue weighted by molar-refractivity contribution is -0.118. The number of anilines is 1. The highest BCUT2D eigenvalue weighted by molar-refractivity contribution is 5.97. The molecule has 27 heavy (non-hydrogen) atoms. The zero-order chi connectivity index (χ0) is 18.6. The summed E-state index contributed by atoms with van der Waals surface area (Å²) >= 11 is 0. The fourth-order valence-corrected chi connectivity index (χ4v) is 3.86.